The highest BCUT2D eigenvalue weighted by molar-refractivity contribution is 14.1. The maximum absolute atomic E-state index is 11.9. The Kier molecular flexibility index (Phi) is 6.60. The summed E-state index contributed by atoms with van der Waals surface area (Å²) >= 11 is 2.18. The van der Waals surface area contributed by atoms with Crippen LogP contribution < -0.4 is 10.1 Å². The van der Waals surface area contributed by atoms with Crippen molar-refractivity contribution in [2.24, 2.45) is 0 Å². The second-order valence-electron chi connectivity index (χ2n) is 5.22. The second-order valence-corrected chi connectivity index (χ2v) is 6.46. The molecule has 1 amide bonds. The normalized spacial score (nSPS) is 10.1. The average molecular weight is 439 g/mol. The maximum Gasteiger partial charge on any atom is 0.344 e. The van der Waals surface area contributed by atoms with Gasteiger partial charge in [-0.25, -0.2) is 4.79 Å². The van der Waals surface area contributed by atoms with E-state index in [-0.39, 0.29) is 19.1 Å². The van der Waals surface area contributed by atoms with Crippen LogP contribution in [-0.4, -0.2) is 25.1 Å². The zero-order valence-electron chi connectivity index (χ0n) is 13.5. The molecule has 1 N–H and O–H groups in total. The van der Waals surface area contributed by atoms with Crippen LogP contribution in [0.5, 0.6) is 5.75 Å². The van der Waals surface area contributed by atoms with E-state index in [1.165, 1.54) is 0 Å². The first-order chi connectivity index (χ1) is 11.5. The number of anilines is 1. The molecule has 2 aromatic carbocycles. The zero-order chi connectivity index (χ0) is 17.5. The lowest BCUT2D eigenvalue weighted by molar-refractivity contribution is -0.149. The summed E-state index contributed by atoms with van der Waals surface area (Å²) in [5.74, 6) is -0.396. The molecule has 2 aromatic rings. The van der Waals surface area contributed by atoms with Crippen LogP contribution in [0.25, 0.3) is 0 Å². The zero-order valence-corrected chi connectivity index (χ0v) is 15.6. The second kappa shape index (κ2) is 8.68. The highest BCUT2D eigenvalue weighted by Gasteiger charge is 2.11. The highest BCUT2D eigenvalue weighted by Crippen LogP contribution is 2.19. The number of rotatable bonds is 6. The molecule has 0 saturated heterocycles. The Labute approximate surface area is 154 Å². The summed E-state index contributed by atoms with van der Waals surface area (Å²) in [6, 6.07) is 13.0. The van der Waals surface area contributed by atoms with Gasteiger partial charge in [0.2, 0.25) is 0 Å². The number of halogens is 1. The molecular formula is C18H18INO4. The first-order valence-corrected chi connectivity index (χ1v) is 8.43. The lowest BCUT2D eigenvalue weighted by Crippen LogP contribution is -2.24. The van der Waals surface area contributed by atoms with Gasteiger partial charge in [-0.05, 0) is 71.8 Å². The number of benzene rings is 2. The number of amides is 1. The quantitative estimate of drug-likeness (QED) is 0.553. The molecule has 0 aliphatic rings. The van der Waals surface area contributed by atoms with E-state index >= 15 is 0 Å². The molecule has 6 heteroatoms. The number of aryl methyl sites for hydroxylation is 2. The summed E-state index contributed by atoms with van der Waals surface area (Å²) in [5, 5.41) is 2.76. The molecule has 0 saturated carbocycles. The fourth-order valence-corrected chi connectivity index (χ4v) is 2.41. The van der Waals surface area contributed by atoms with Crippen molar-refractivity contribution in [3.05, 3.63) is 57.2 Å². The smallest absolute Gasteiger partial charge is 0.344 e. The van der Waals surface area contributed by atoms with Gasteiger partial charge in [-0.2, -0.15) is 0 Å². The predicted octanol–water partition coefficient (Wildman–Crippen LogP) is 3.47. The molecule has 0 radical (unpaired) electrons. The molecule has 0 aliphatic heterocycles. The molecule has 0 fully saturated rings. The van der Waals surface area contributed by atoms with E-state index in [1.54, 1.807) is 12.1 Å². The number of carbonyl (C=O) groups excluding carboxylic acids is 2. The molecule has 0 aromatic heterocycles. The van der Waals surface area contributed by atoms with Crippen LogP contribution in [0.15, 0.2) is 42.5 Å². The van der Waals surface area contributed by atoms with Gasteiger partial charge in [0.15, 0.2) is 13.2 Å². The Hall–Kier alpha value is -2.09. The van der Waals surface area contributed by atoms with Gasteiger partial charge in [0.25, 0.3) is 5.91 Å². The number of hydrogen-bond donors (Lipinski definition) is 1. The average Bonchev–Trinajstić information content (AvgIpc) is 2.56. The predicted molar refractivity (Wildman–Crippen MR) is 100 cm³/mol. The number of hydrogen-bond acceptors (Lipinski definition) is 4. The van der Waals surface area contributed by atoms with Gasteiger partial charge in [0.05, 0.1) is 0 Å². The van der Waals surface area contributed by atoms with Crippen LogP contribution >= 0.6 is 22.6 Å². The Morgan fingerprint density at radius 1 is 1.00 bits per heavy atom. The Balaban J connectivity index is 1.77. The number of para-hydroxylation sites is 1. The third kappa shape index (κ3) is 5.52. The minimum absolute atomic E-state index is 0.239. The number of esters is 1. The minimum atomic E-state index is -0.592. The molecule has 0 spiro atoms. The van der Waals surface area contributed by atoms with Crippen molar-refractivity contribution < 1.29 is 19.1 Å². The molecular weight excluding hydrogens is 421 g/mol. The summed E-state index contributed by atoms with van der Waals surface area (Å²) in [4.78, 5) is 23.5. The third-order valence-electron chi connectivity index (χ3n) is 3.28. The fraction of sp³-hybridized carbons (Fsp3) is 0.222. The summed E-state index contributed by atoms with van der Waals surface area (Å²) in [5.41, 5.74) is 2.65. The molecule has 2 rings (SSSR count). The van der Waals surface area contributed by atoms with Gasteiger partial charge in [-0.3, -0.25) is 4.79 Å². The van der Waals surface area contributed by atoms with E-state index in [1.807, 2.05) is 44.2 Å². The van der Waals surface area contributed by atoms with Crippen molar-refractivity contribution in [3.63, 3.8) is 0 Å². The molecule has 0 bridgehead atoms. The standard InChI is InChI=1S/C18H18INO4/c1-12-4-3-5-13(2)18(12)20-16(21)10-24-17(22)11-23-15-8-6-14(19)7-9-15/h3-9H,10-11H2,1-2H3,(H,20,21). The summed E-state index contributed by atoms with van der Waals surface area (Å²) < 4.78 is 11.3. The molecule has 0 unspecified atom stereocenters. The van der Waals surface area contributed by atoms with Crippen molar-refractivity contribution in [3.8, 4) is 5.75 Å². The highest BCUT2D eigenvalue weighted by atomic mass is 127. The molecule has 126 valence electrons. The fourth-order valence-electron chi connectivity index (χ4n) is 2.05. The SMILES string of the molecule is Cc1cccc(C)c1NC(=O)COC(=O)COc1ccc(I)cc1. The van der Waals surface area contributed by atoms with E-state index in [0.717, 1.165) is 20.4 Å². The van der Waals surface area contributed by atoms with Crippen LogP contribution in [-0.2, 0) is 14.3 Å². The Morgan fingerprint density at radius 2 is 1.62 bits per heavy atom. The van der Waals surface area contributed by atoms with Crippen LogP contribution in [0.2, 0.25) is 0 Å². The van der Waals surface area contributed by atoms with Gasteiger partial charge in [-0.15, -0.1) is 0 Å². The van der Waals surface area contributed by atoms with E-state index < -0.39 is 5.97 Å². The molecule has 0 aliphatic carbocycles. The lowest BCUT2D eigenvalue weighted by atomic mass is 10.1. The molecule has 24 heavy (non-hydrogen) atoms. The molecule has 5 nitrogen and oxygen atoms in total. The van der Waals surface area contributed by atoms with Crippen molar-refractivity contribution in [2.75, 3.05) is 18.5 Å². The van der Waals surface area contributed by atoms with Crippen LogP contribution in [0, 0.1) is 17.4 Å². The van der Waals surface area contributed by atoms with Gasteiger partial charge < -0.3 is 14.8 Å². The van der Waals surface area contributed by atoms with E-state index in [9.17, 15) is 9.59 Å². The Morgan fingerprint density at radius 3 is 2.25 bits per heavy atom. The summed E-state index contributed by atoms with van der Waals surface area (Å²) in [6.45, 7) is 3.23. The van der Waals surface area contributed by atoms with Crippen LogP contribution in [0.3, 0.4) is 0 Å². The van der Waals surface area contributed by atoms with Crippen molar-refractivity contribution >= 4 is 40.2 Å². The summed E-state index contributed by atoms with van der Waals surface area (Å²) in [7, 11) is 0. The van der Waals surface area contributed by atoms with Crippen LogP contribution in [0.4, 0.5) is 5.69 Å². The van der Waals surface area contributed by atoms with E-state index in [0.29, 0.717) is 5.75 Å². The largest absolute Gasteiger partial charge is 0.482 e. The van der Waals surface area contributed by atoms with Gasteiger partial charge in [0, 0.05) is 9.26 Å². The molecule has 0 heterocycles. The monoisotopic (exact) mass is 439 g/mol. The summed E-state index contributed by atoms with van der Waals surface area (Å²) in [6.07, 6.45) is 0. The van der Waals surface area contributed by atoms with Gasteiger partial charge in [0.1, 0.15) is 5.75 Å². The first kappa shape index (κ1) is 18.3. The first-order valence-electron chi connectivity index (χ1n) is 7.36. The topological polar surface area (TPSA) is 64.6 Å². The van der Waals surface area contributed by atoms with E-state index in [4.69, 9.17) is 9.47 Å². The Bertz CT molecular complexity index is 708. The van der Waals surface area contributed by atoms with Crippen molar-refractivity contribution in [2.45, 2.75) is 13.8 Å². The number of ether oxygens (including phenoxy) is 2. The van der Waals surface area contributed by atoms with Crippen molar-refractivity contribution in [1.29, 1.82) is 0 Å². The van der Waals surface area contributed by atoms with Gasteiger partial charge >= 0.3 is 5.97 Å². The third-order valence-corrected chi connectivity index (χ3v) is 4.00. The van der Waals surface area contributed by atoms with Gasteiger partial charge in [-0.1, -0.05) is 18.2 Å². The lowest BCUT2D eigenvalue weighted by Gasteiger charge is -2.11. The van der Waals surface area contributed by atoms with Crippen molar-refractivity contribution in [1.82, 2.24) is 0 Å². The van der Waals surface area contributed by atoms with Crippen LogP contribution in [0.1, 0.15) is 11.1 Å². The van der Waals surface area contributed by atoms with E-state index in [2.05, 4.69) is 27.9 Å². The molecule has 0 atom stereocenters. The maximum atomic E-state index is 11.9. The number of nitrogens with one attached hydrogen (secondary N) is 1. The number of carbonyl (C=O) groups is 2. The minimum Gasteiger partial charge on any atom is -0.482 e.